The van der Waals surface area contributed by atoms with Gasteiger partial charge in [0.15, 0.2) is 0 Å². The van der Waals surface area contributed by atoms with Crippen molar-refractivity contribution in [2.24, 2.45) is 0 Å². The van der Waals surface area contributed by atoms with Crippen LogP contribution in [0.5, 0.6) is 5.75 Å². The van der Waals surface area contributed by atoms with E-state index < -0.39 is 24.3 Å². The molecule has 7 nitrogen and oxygen atoms in total. The van der Waals surface area contributed by atoms with E-state index in [4.69, 9.17) is 25.8 Å². The van der Waals surface area contributed by atoms with Crippen LogP contribution in [0.25, 0.3) is 0 Å². The Morgan fingerprint density at radius 2 is 1.77 bits per heavy atom. The summed E-state index contributed by atoms with van der Waals surface area (Å²) in [6.07, 6.45) is 0. The standard InChI is InChI=1S/C12H16AsNO6S2/c14-9-5-8(1-2-10(9)20-4-3-15)13(21-6-11(16)17)22-7-12(18)19/h1-2,5,15H,3-4,6-7,14H2,(H,16,17)(H,18,19). The molecule has 0 unspecified atom stereocenters. The molecule has 0 amide bonds. The fourth-order valence-corrected chi connectivity index (χ4v) is 12.3. The quantitative estimate of drug-likeness (QED) is 0.311. The van der Waals surface area contributed by atoms with Crippen LogP contribution in [0.2, 0.25) is 0 Å². The zero-order valence-corrected chi connectivity index (χ0v) is 15.0. The Morgan fingerprint density at radius 3 is 2.23 bits per heavy atom. The second-order valence-corrected chi connectivity index (χ2v) is 15.4. The number of ether oxygens (including phenoxy) is 1. The Labute approximate surface area is 138 Å². The molecule has 1 aromatic rings. The Bertz CT molecular complexity index is 512. The van der Waals surface area contributed by atoms with E-state index in [2.05, 4.69) is 0 Å². The fourth-order valence-electron chi connectivity index (χ4n) is 1.35. The molecule has 0 aromatic heterocycles. The molecule has 0 spiro atoms. The number of rotatable bonds is 10. The number of aliphatic hydroxyl groups is 1. The number of aliphatic hydroxyl groups excluding tert-OH is 1. The summed E-state index contributed by atoms with van der Waals surface area (Å²) in [6, 6.07) is 5.12. The molecule has 1 rings (SSSR count). The Kier molecular flexibility index (Phi) is 8.55. The summed E-state index contributed by atoms with van der Waals surface area (Å²) in [4.78, 5) is 21.4. The van der Waals surface area contributed by atoms with E-state index in [0.717, 1.165) is 4.35 Å². The predicted molar refractivity (Wildman–Crippen MR) is 89.0 cm³/mol. The van der Waals surface area contributed by atoms with Gasteiger partial charge in [0.1, 0.15) is 0 Å². The molecule has 1 aromatic carbocycles. The van der Waals surface area contributed by atoms with E-state index in [9.17, 15) is 9.59 Å². The van der Waals surface area contributed by atoms with Gasteiger partial charge < -0.3 is 0 Å². The number of nitrogen functional groups attached to an aromatic ring is 1. The van der Waals surface area contributed by atoms with Crippen LogP contribution in [-0.4, -0.2) is 64.3 Å². The molecular formula is C12H16AsNO6S2. The predicted octanol–water partition coefficient (Wildman–Crippen LogP) is -0.0293. The first-order chi connectivity index (χ1) is 10.4. The third kappa shape index (κ3) is 6.83. The van der Waals surface area contributed by atoms with Crippen LogP contribution in [0.4, 0.5) is 5.69 Å². The van der Waals surface area contributed by atoms with Crippen molar-refractivity contribution < 1.29 is 29.6 Å². The number of benzene rings is 1. The van der Waals surface area contributed by atoms with Gasteiger partial charge in [-0.1, -0.05) is 0 Å². The average molecular weight is 409 g/mol. The number of nitrogens with two attached hydrogens (primary N) is 1. The van der Waals surface area contributed by atoms with E-state index in [1.54, 1.807) is 18.2 Å². The number of aliphatic carboxylic acids is 2. The van der Waals surface area contributed by atoms with Crippen molar-refractivity contribution in [2.75, 3.05) is 30.5 Å². The van der Waals surface area contributed by atoms with Gasteiger partial charge in [-0.05, 0) is 0 Å². The molecule has 0 saturated heterocycles. The van der Waals surface area contributed by atoms with Crippen molar-refractivity contribution in [3.8, 4) is 5.75 Å². The van der Waals surface area contributed by atoms with Gasteiger partial charge in [0, 0.05) is 0 Å². The number of hydrogen-bond donors (Lipinski definition) is 4. The number of hydrogen-bond acceptors (Lipinski definition) is 7. The van der Waals surface area contributed by atoms with Crippen LogP contribution >= 0.6 is 20.0 Å². The van der Waals surface area contributed by atoms with Gasteiger partial charge in [0.25, 0.3) is 0 Å². The van der Waals surface area contributed by atoms with E-state index in [0.29, 0.717) is 11.4 Å². The second-order valence-electron chi connectivity index (χ2n) is 3.89. The van der Waals surface area contributed by atoms with E-state index in [1.807, 2.05) is 0 Å². The summed E-state index contributed by atoms with van der Waals surface area (Å²) in [5.74, 6) is -1.57. The summed E-state index contributed by atoms with van der Waals surface area (Å²) in [7, 11) is 2.53. The third-order valence-electron chi connectivity index (χ3n) is 2.16. The topological polar surface area (TPSA) is 130 Å². The van der Waals surface area contributed by atoms with E-state index in [-0.39, 0.29) is 24.7 Å². The molecule has 5 N–H and O–H groups in total. The first-order valence-electron chi connectivity index (χ1n) is 6.06. The summed E-state index contributed by atoms with van der Waals surface area (Å²) in [5, 5.41) is 26.3. The Hall–Kier alpha value is -1.02. The number of carboxylic acids is 2. The SMILES string of the molecule is Nc1cc([As](SCC(=O)O)SCC(=O)O)ccc1OCCO. The summed E-state index contributed by atoms with van der Waals surface area (Å²) in [5.41, 5.74) is 6.26. The van der Waals surface area contributed by atoms with Gasteiger partial charge in [0.05, 0.1) is 0 Å². The van der Waals surface area contributed by atoms with E-state index >= 15 is 0 Å². The van der Waals surface area contributed by atoms with Gasteiger partial charge in [-0.2, -0.15) is 0 Å². The van der Waals surface area contributed by atoms with Crippen molar-refractivity contribution in [2.45, 2.75) is 0 Å². The van der Waals surface area contributed by atoms with Crippen molar-refractivity contribution >= 4 is 54.4 Å². The molecular weight excluding hydrogens is 393 g/mol. The molecule has 10 heteroatoms. The van der Waals surface area contributed by atoms with Crippen LogP contribution in [0.3, 0.4) is 0 Å². The molecule has 0 aliphatic heterocycles. The zero-order valence-electron chi connectivity index (χ0n) is 11.5. The number of carboxylic acid groups (broad SMARTS) is 2. The third-order valence-corrected chi connectivity index (χ3v) is 14.9. The second kappa shape index (κ2) is 9.89. The van der Waals surface area contributed by atoms with Crippen LogP contribution in [0.15, 0.2) is 18.2 Å². The molecule has 0 saturated carbocycles. The van der Waals surface area contributed by atoms with Crippen molar-refractivity contribution in [3.05, 3.63) is 18.2 Å². The zero-order chi connectivity index (χ0) is 16.5. The molecule has 22 heavy (non-hydrogen) atoms. The first kappa shape index (κ1) is 19.0. The maximum atomic E-state index is 10.7. The van der Waals surface area contributed by atoms with Crippen molar-refractivity contribution in [3.63, 3.8) is 0 Å². The molecule has 122 valence electrons. The van der Waals surface area contributed by atoms with Gasteiger partial charge in [-0.25, -0.2) is 0 Å². The van der Waals surface area contributed by atoms with Gasteiger partial charge in [-0.15, -0.1) is 0 Å². The van der Waals surface area contributed by atoms with Crippen LogP contribution in [0, 0.1) is 0 Å². The average Bonchev–Trinajstić information content (AvgIpc) is 2.45. The van der Waals surface area contributed by atoms with E-state index in [1.165, 1.54) is 20.0 Å². The number of carbonyl (C=O) groups is 2. The molecule has 0 bridgehead atoms. The summed E-state index contributed by atoms with van der Waals surface area (Å²) in [6.45, 7) is 0.00837. The summed E-state index contributed by atoms with van der Waals surface area (Å²) >= 11 is -1.97. The molecule has 0 aliphatic rings. The molecule has 0 fully saturated rings. The Balaban J connectivity index is 2.85. The first-order valence-corrected chi connectivity index (χ1v) is 13.5. The monoisotopic (exact) mass is 409 g/mol. The number of anilines is 1. The molecule has 0 atom stereocenters. The van der Waals surface area contributed by atoms with Crippen LogP contribution in [-0.2, 0) is 9.59 Å². The Morgan fingerprint density at radius 1 is 1.18 bits per heavy atom. The van der Waals surface area contributed by atoms with Gasteiger partial charge >= 0.3 is 138 Å². The van der Waals surface area contributed by atoms with Gasteiger partial charge in [-0.3, -0.25) is 0 Å². The van der Waals surface area contributed by atoms with Gasteiger partial charge in [0.2, 0.25) is 0 Å². The molecule has 0 radical (unpaired) electrons. The summed E-state index contributed by atoms with van der Waals surface area (Å²) < 4.78 is 6.12. The molecule has 0 heterocycles. The maximum absolute atomic E-state index is 10.7. The fraction of sp³-hybridized carbons (Fsp3) is 0.333. The van der Waals surface area contributed by atoms with Crippen molar-refractivity contribution in [1.29, 1.82) is 0 Å². The minimum absolute atomic E-state index is 0.0741. The normalized spacial score (nSPS) is 10.6. The van der Waals surface area contributed by atoms with Crippen LogP contribution in [0.1, 0.15) is 0 Å². The van der Waals surface area contributed by atoms with Crippen LogP contribution < -0.4 is 14.8 Å². The molecule has 0 aliphatic carbocycles. The minimum atomic E-state index is -1.97. The van der Waals surface area contributed by atoms with Crippen molar-refractivity contribution in [1.82, 2.24) is 0 Å².